The van der Waals surface area contributed by atoms with E-state index in [0.29, 0.717) is 22.9 Å². The molecule has 0 amide bonds. The molecule has 0 aliphatic heterocycles. The van der Waals surface area contributed by atoms with E-state index < -0.39 is 5.97 Å². The largest absolute Gasteiger partial charge is 0.497 e. The molecule has 1 heterocycles. The van der Waals surface area contributed by atoms with Crippen LogP contribution in [0.3, 0.4) is 0 Å². The first kappa shape index (κ1) is 22.2. The van der Waals surface area contributed by atoms with Gasteiger partial charge in [-0.25, -0.2) is 9.78 Å². The number of methoxy groups -OCH3 is 2. The number of H-pyrrole nitrogens is 1. The average molecular weight is 442 g/mol. The summed E-state index contributed by atoms with van der Waals surface area (Å²) in [5.41, 5.74) is 1.44. The maximum Gasteiger partial charge on any atom is 0.342 e. The van der Waals surface area contributed by atoms with Crippen molar-refractivity contribution < 1.29 is 24.1 Å². The van der Waals surface area contributed by atoms with E-state index >= 15 is 0 Å². The third-order valence-electron chi connectivity index (χ3n) is 4.05. The van der Waals surface area contributed by atoms with E-state index in [1.165, 1.54) is 0 Å². The molecule has 0 aliphatic rings. The molecule has 9 heteroatoms. The van der Waals surface area contributed by atoms with Gasteiger partial charge in [-0.05, 0) is 61.5 Å². The molecule has 3 rings (SSSR count). The summed E-state index contributed by atoms with van der Waals surface area (Å²) in [6, 6.07) is 12.5. The number of ether oxygens (including phenoxy) is 3. The number of aromatic amines is 1. The van der Waals surface area contributed by atoms with E-state index in [0.717, 1.165) is 23.1 Å². The van der Waals surface area contributed by atoms with Crippen molar-refractivity contribution >= 4 is 23.8 Å². The van der Waals surface area contributed by atoms with Crippen molar-refractivity contribution in [3.63, 3.8) is 0 Å². The highest BCUT2D eigenvalue weighted by molar-refractivity contribution is 8.04. The van der Waals surface area contributed by atoms with Gasteiger partial charge in [-0.2, -0.15) is 0 Å². The van der Waals surface area contributed by atoms with Crippen molar-refractivity contribution in [2.45, 2.75) is 25.1 Å². The molecule has 31 heavy (non-hydrogen) atoms. The van der Waals surface area contributed by atoms with Gasteiger partial charge in [-0.15, -0.1) is 5.10 Å². The van der Waals surface area contributed by atoms with E-state index in [-0.39, 0.29) is 16.2 Å². The molecule has 0 unspecified atom stereocenters. The van der Waals surface area contributed by atoms with Crippen molar-refractivity contribution in [2.24, 2.45) is 0 Å². The van der Waals surface area contributed by atoms with E-state index in [2.05, 4.69) is 15.2 Å². The number of thioether (sulfide) groups is 1. The van der Waals surface area contributed by atoms with Crippen molar-refractivity contribution in [3.05, 3.63) is 52.9 Å². The highest BCUT2D eigenvalue weighted by Gasteiger charge is 2.15. The lowest BCUT2D eigenvalue weighted by Gasteiger charge is -2.09. The molecule has 2 N–H and O–H groups in total. The summed E-state index contributed by atoms with van der Waals surface area (Å²) in [7, 11) is 3.12. The zero-order chi connectivity index (χ0) is 22.4. The second kappa shape index (κ2) is 10.0. The molecule has 1 aromatic heterocycles. The molecule has 2 aromatic carbocycles. The van der Waals surface area contributed by atoms with Gasteiger partial charge < -0.3 is 19.3 Å². The van der Waals surface area contributed by atoms with Crippen LogP contribution in [0.1, 0.15) is 19.4 Å². The lowest BCUT2D eigenvalue weighted by Crippen LogP contribution is -2.05. The average Bonchev–Trinajstić information content (AvgIpc) is 3.22. The first-order valence-electron chi connectivity index (χ1n) is 9.43. The maximum absolute atomic E-state index is 11.8. The molecule has 8 nitrogen and oxygen atoms in total. The zero-order valence-corrected chi connectivity index (χ0v) is 18.4. The van der Waals surface area contributed by atoms with Crippen LogP contribution in [0.2, 0.25) is 0 Å². The van der Waals surface area contributed by atoms with Crippen LogP contribution in [0, 0.1) is 0 Å². The minimum atomic E-state index is -1.07. The molecule has 0 atom stereocenters. The van der Waals surface area contributed by atoms with E-state index in [4.69, 9.17) is 14.2 Å². The van der Waals surface area contributed by atoms with E-state index in [1.54, 1.807) is 62.8 Å². The number of benzene rings is 2. The van der Waals surface area contributed by atoms with Crippen LogP contribution >= 0.6 is 11.8 Å². The number of hydrogen-bond donors (Lipinski definition) is 2. The third kappa shape index (κ3) is 6.02. The number of carboxylic acid groups (broad SMARTS) is 1. The number of carboxylic acids is 1. The van der Waals surface area contributed by atoms with Crippen LogP contribution < -0.4 is 14.2 Å². The summed E-state index contributed by atoms with van der Waals surface area (Å²) < 4.78 is 16.2. The molecule has 0 radical (unpaired) electrons. The monoisotopic (exact) mass is 441 g/mol. The Morgan fingerprint density at radius 3 is 2.26 bits per heavy atom. The summed E-state index contributed by atoms with van der Waals surface area (Å²) in [6.07, 6.45) is 1.63. The molecule has 0 spiro atoms. The second-order valence-electron chi connectivity index (χ2n) is 6.72. The molecule has 0 bridgehead atoms. The van der Waals surface area contributed by atoms with Gasteiger partial charge in [0.2, 0.25) is 5.16 Å². The fraction of sp³-hybridized carbons (Fsp3) is 0.227. The maximum atomic E-state index is 11.8. The summed E-state index contributed by atoms with van der Waals surface area (Å²) in [5, 5.41) is 16.9. The predicted octanol–water partition coefficient (Wildman–Crippen LogP) is 4.49. The van der Waals surface area contributed by atoms with Gasteiger partial charge >= 0.3 is 5.97 Å². The quantitative estimate of drug-likeness (QED) is 0.369. The molecular formula is C22H23N3O5S. The predicted molar refractivity (Wildman–Crippen MR) is 119 cm³/mol. The standard InChI is InChI=1S/C22H23N3O5S/c1-13(2)30-16-7-5-14(6-8-16)9-19(21(26)27)31-22-23-20(24-25-22)15-10-17(28-3)12-18(11-15)29-4/h5-13H,1-4H3,(H,26,27)(H,23,24,25)/b19-9-. The number of hydrogen-bond acceptors (Lipinski definition) is 7. The smallest absolute Gasteiger partial charge is 0.342 e. The Kier molecular flexibility index (Phi) is 7.19. The molecule has 3 aromatic rings. The molecule has 0 aliphatic carbocycles. The Hall–Kier alpha value is -3.46. The molecular weight excluding hydrogens is 418 g/mol. The van der Waals surface area contributed by atoms with Gasteiger partial charge in [0.1, 0.15) is 22.2 Å². The number of rotatable bonds is 9. The molecule has 0 saturated carbocycles. The number of carbonyl (C=O) groups is 1. The van der Waals surface area contributed by atoms with Crippen LogP contribution in [-0.2, 0) is 4.79 Å². The van der Waals surface area contributed by atoms with Crippen LogP contribution in [0.15, 0.2) is 52.5 Å². The van der Waals surface area contributed by atoms with Gasteiger partial charge in [-0.3, -0.25) is 5.10 Å². The first-order valence-corrected chi connectivity index (χ1v) is 10.2. The Morgan fingerprint density at radius 1 is 1.06 bits per heavy atom. The van der Waals surface area contributed by atoms with Gasteiger partial charge in [0.15, 0.2) is 5.82 Å². The number of nitrogens with zero attached hydrogens (tertiary/aromatic N) is 2. The van der Waals surface area contributed by atoms with Crippen LogP contribution in [0.5, 0.6) is 17.2 Å². The zero-order valence-electron chi connectivity index (χ0n) is 17.6. The Balaban J connectivity index is 1.81. The van der Waals surface area contributed by atoms with Crippen LogP contribution in [0.25, 0.3) is 17.5 Å². The van der Waals surface area contributed by atoms with Gasteiger partial charge in [0.25, 0.3) is 0 Å². The highest BCUT2D eigenvalue weighted by Crippen LogP contribution is 2.31. The Bertz CT molecular complexity index is 1050. The number of aliphatic carboxylic acids is 1. The van der Waals surface area contributed by atoms with Gasteiger partial charge in [0.05, 0.1) is 20.3 Å². The minimum absolute atomic E-state index is 0.0658. The topological polar surface area (TPSA) is 107 Å². The molecule has 0 fully saturated rings. The summed E-state index contributed by atoms with van der Waals surface area (Å²) in [6.45, 7) is 3.89. The van der Waals surface area contributed by atoms with Crippen molar-refractivity contribution in [1.29, 1.82) is 0 Å². The van der Waals surface area contributed by atoms with E-state index in [9.17, 15) is 9.90 Å². The lowest BCUT2D eigenvalue weighted by atomic mass is 10.2. The molecule has 162 valence electrons. The lowest BCUT2D eigenvalue weighted by molar-refractivity contribution is -0.131. The number of aromatic nitrogens is 3. The van der Waals surface area contributed by atoms with Gasteiger partial charge in [-0.1, -0.05) is 12.1 Å². The van der Waals surface area contributed by atoms with E-state index in [1.807, 2.05) is 13.8 Å². The summed E-state index contributed by atoms with van der Waals surface area (Å²) in [4.78, 5) is 16.2. The fourth-order valence-electron chi connectivity index (χ4n) is 2.66. The summed E-state index contributed by atoms with van der Waals surface area (Å²) in [5.74, 6) is 1.34. The van der Waals surface area contributed by atoms with Crippen LogP contribution in [-0.4, -0.2) is 46.6 Å². The second-order valence-corrected chi connectivity index (χ2v) is 7.73. The van der Waals surface area contributed by atoms with Crippen LogP contribution in [0.4, 0.5) is 0 Å². The van der Waals surface area contributed by atoms with Crippen molar-refractivity contribution in [3.8, 4) is 28.6 Å². The summed E-state index contributed by atoms with van der Waals surface area (Å²) >= 11 is 0.956. The Labute approximate surface area is 184 Å². The number of nitrogens with one attached hydrogen (secondary N) is 1. The fourth-order valence-corrected chi connectivity index (χ4v) is 3.37. The van der Waals surface area contributed by atoms with Crippen molar-refractivity contribution in [1.82, 2.24) is 15.2 Å². The van der Waals surface area contributed by atoms with Crippen molar-refractivity contribution in [2.75, 3.05) is 14.2 Å². The Morgan fingerprint density at radius 2 is 1.71 bits per heavy atom. The van der Waals surface area contributed by atoms with Gasteiger partial charge in [0, 0.05) is 11.6 Å². The highest BCUT2D eigenvalue weighted by atomic mass is 32.2. The minimum Gasteiger partial charge on any atom is -0.497 e. The SMILES string of the molecule is COc1cc(OC)cc(-c2nc(S/C(=C\c3ccc(OC(C)C)cc3)C(=O)O)n[nH]2)c1. The normalized spacial score (nSPS) is 11.5. The molecule has 0 saturated heterocycles. The first-order chi connectivity index (χ1) is 14.9. The third-order valence-corrected chi connectivity index (χ3v) is 4.93.